The van der Waals surface area contributed by atoms with Gasteiger partial charge in [-0.05, 0) is 56.2 Å². The molecule has 1 N–H and O–H groups in total. The van der Waals surface area contributed by atoms with Gasteiger partial charge in [-0.25, -0.2) is 4.39 Å². The Morgan fingerprint density at radius 3 is 2.32 bits per heavy atom. The van der Waals surface area contributed by atoms with Gasteiger partial charge < -0.3 is 10.2 Å². The van der Waals surface area contributed by atoms with Crippen molar-refractivity contribution in [3.8, 4) is 0 Å². The van der Waals surface area contributed by atoms with E-state index in [1.165, 1.54) is 26.1 Å². The maximum absolute atomic E-state index is 12.9. The van der Waals surface area contributed by atoms with Gasteiger partial charge in [0.1, 0.15) is 5.82 Å². The van der Waals surface area contributed by atoms with Crippen LogP contribution in [-0.2, 0) is 0 Å². The fourth-order valence-corrected chi connectivity index (χ4v) is 2.80. The molecule has 3 rings (SSSR count). The fourth-order valence-electron chi connectivity index (χ4n) is 2.80. The van der Waals surface area contributed by atoms with Crippen LogP contribution in [-0.4, -0.2) is 50.7 Å². The van der Waals surface area contributed by atoms with E-state index < -0.39 is 0 Å². The minimum Gasteiger partial charge on any atom is -0.369 e. The molecule has 19 heavy (non-hydrogen) atoms. The lowest BCUT2D eigenvalue weighted by Crippen LogP contribution is -2.48. The SMILES string of the molecule is Fc1ccc(N2CCN(CCC3CNC3)CC2)cc1. The van der Waals surface area contributed by atoms with Crippen molar-refractivity contribution in [2.75, 3.05) is 50.7 Å². The van der Waals surface area contributed by atoms with Gasteiger partial charge >= 0.3 is 0 Å². The monoisotopic (exact) mass is 263 g/mol. The van der Waals surface area contributed by atoms with Gasteiger partial charge in [0.2, 0.25) is 0 Å². The first kappa shape index (κ1) is 12.9. The minimum absolute atomic E-state index is 0.156. The van der Waals surface area contributed by atoms with Gasteiger partial charge in [-0.3, -0.25) is 4.90 Å². The van der Waals surface area contributed by atoms with Crippen LogP contribution in [0.25, 0.3) is 0 Å². The largest absolute Gasteiger partial charge is 0.369 e. The number of benzene rings is 1. The zero-order chi connectivity index (χ0) is 13.1. The predicted octanol–water partition coefficient (Wildman–Crippen LogP) is 1.56. The molecule has 1 aromatic rings. The molecule has 4 heteroatoms. The average molecular weight is 263 g/mol. The van der Waals surface area contributed by atoms with Crippen LogP contribution in [0, 0.1) is 11.7 Å². The summed E-state index contributed by atoms with van der Waals surface area (Å²) < 4.78 is 12.9. The quantitative estimate of drug-likeness (QED) is 0.889. The number of nitrogens with zero attached hydrogens (tertiary/aromatic N) is 2. The van der Waals surface area contributed by atoms with E-state index in [0.29, 0.717) is 0 Å². The Bertz CT molecular complexity index is 394. The van der Waals surface area contributed by atoms with Crippen molar-refractivity contribution in [1.82, 2.24) is 10.2 Å². The molecule has 0 radical (unpaired) electrons. The van der Waals surface area contributed by atoms with E-state index >= 15 is 0 Å². The summed E-state index contributed by atoms with van der Waals surface area (Å²) in [6.07, 6.45) is 1.32. The van der Waals surface area contributed by atoms with Gasteiger partial charge in [-0.15, -0.1) is 0 Å². The summed E-state index contributed by atoms with van der Waals surface area (Å²) in [7, 11) is 0. The number of rotatable bonds is 4. The molecule has 0 aliphatic carbocycles. The van der Waals surface area contributed by atoms with E-state index in [4.69, 9.17) is 0 Å². The zero-order valence-corrected chi connectivity index (χ0v) is 11.3. The van der Waals surface area contributed by atoms with Crippen molar-refractivity contribution >= 4 is 5.69 Å². The lowest BCUT2D eigenvalue weighted by Gasteiger charge is -2.37. The Morgan fingerprint density at radius 2 is 1.74 bits per heavy atom. The highest BCUT2D eigenvalue weighted by Crippen LogP contribution is 2.17. The van der Waals surface area contributed by atoms with Gasteiger partial charge in [-0.1, -0.05) is 0 Å². The summed E-state index contributed by atoms with van der Waals surface area (Å²) in [4.78, 5) is 4.90. The summed E-state index contributed by atoms with van der Waals surface area (Å²) in [6, 6.07) is 6.85. The average Bonchev–Trinajstić information content (AvgIpc) is 2.39. The third kappa shape index (κ3) is 3.25. The van der Waals surface area contributed by atoms with E-state index in [1.807, 2.05) is 12.1 Å². The van der Waals surface area contributed by atoms with Crippen LogP contribution in [0.1, 0.15) is 6.42 Å². The number of hydrogen-bond acceptors (Lipinski definition) is 3. The summed E-state index contributed by atoms with van der Waals surface area (Å²) in [5.74, 6) is 0.742. The van der Waals surface area contributed by atoms with Crippen molar-refractivity contribution in [2.24, 2.45) is 5.92 Å². The van der Waals surface area contributed by atoms with Crippen LogP contribution in [0.4, 0.5) is 10.1 Å². The lowest BCUT2D eigenvalue weighted by atomic mass is 9.99. The molecular formula is C15H22FN3. The molecule has 0 bridgehead atoms. The molecule has 0 unspecified atom stereocenters. The molecule has 3 nitrogen and oxygen atoms in total. The number of hydrogen-bond donors (Lipinski definition) is 1. The van der Waals surface area contributed by atoms with Crippen LogP contribution in [0.3, 0.4) is 0 Å². The molecule has 2 aliphatic rings. The zero-order valence-electron chi connectivity index (χ0n) is 11.3. The molecule has 0 spiro atoms. The Kier molecular flexibility index (Phi) is 3.99. The minimum atomic E-state index is -0.156. The maximum Gasteiger partial charge on any atom is 0.123 e. The van der Waals surface area contributed by atoms with Gasteiger partial charge in [0.15, 0.2) is 0 Å². The van der Waals surface area contributed by atoms with Gasteiger partial charge in [0.25, 0.3) is 0 Å². The number of nitrogens with one attached hydrogen (secondary N) is 1. The van der Waals surface area contributed by atoms with Crippen molar-refractivity contribution in [3.05, 3.63) is 30.1 Å². The summed E-state index contributed by atoms with van der Waals surface area (Å²) in [5.41, 5.74) is 1.14. The first-order valence-electron chi connectivity index (χ1n) is 7.25. The first-order valence-corrected chi connectivity index (χ1v) is 7.25. The highest BCUT2D eigenvalue weighted by Gasteiger charge is 2.20. The molecule has 0 saturated carbocycles. The van der Waals surface area contributed by atoms with Crippen molar-refractivity contribution in [1.29, 1.82) is 0 Å². The van der Waals surface area contributed by atoms with Crippen LogP contribution in [0.5, 0.6) is 0 Å². The van der Waals surface area contributed by atoms with Gasteiger partial charge in [0.05, 0.1) is 0 Å². The molecule has 0 aromatic heterocycles. The molecule has 0 amide bonds. The number of halogens is 1. The van der Waals surface area contributed by atoms with Crippen molar-refractivity contribution in [2.45, 2.75) is 6.42 Å². The topological polar surface area (TPSA) is 18.5 Å². The third-order valence-corrected chi connectivity index (χ3v) is 4.28. The van der Waals surface area contributed by atoms with Gasteiger partial charge in [-0.2, -0.15) is 0 Å². The molecular weight excluding hydrogens is 241 g/mol. The first-order chi connectivity index (χ1) is 9.31. The second-order valence-electron chi connectivity index (χ2n) is 5.62. The number of anilines is 1. The smallest absolute Gasteiger partial charge is 0.123 e. The highest BCUT2D eigenvalue weighted by molar-refractivity contribution is 5.46. The molecule has 2 heterocycles. The second-order valence-corrected chi connectivity index (χ2v) is 5.62. The Labute approximate surface area is 114 Å². The van der Waals surface area contributed by atoms with E-state index in [2.05, 4.69) is 15.1 Å². The summed E-state index contributed by atoms with van der Waals surface area (Å²) in [5, 5.41) is 3.32. The van der Waals surface area contributed by atoms with E-state index in [1.54, 1.807) is 12.1 Å². The Morgan fingerprint density at radius 1 is 1.05 bits per heavy atom. The second kappa shape index (κ2) is 5.88. The summed E-state index contributed by atoms with van der Waals surface area (Å²) >= 11 is 0. The molecule has 2 fully saturated rings. The molecule has 2 aliphatic heterocycles. The summed E-state index contributed by atoms with van der Waals surface area (Å²) in [6.45, 7) is 7.98. The fraction of sp³-hybridized carbons (Fsp3) is 0.600. The molecule has 2 saturated heterocycles. The Hall–Kier alpha value is -1.13. The van der Waals surface area contributed by atoms with E-state index in [-0.39, 0.29) is 5.82 Å². The predicted molar refractivity (Wildman–Crippen MR) is 76.0 cm³/mol. The maximum atomic E-state index is 12.9. The van der Waals surface area contributed by atoms with Crippen molar-refractivity contribution in [3.63, 3.8) is 0 Å². The molecule has 104 valence electrons. The van der Waals surface area contributed by atoms with Crippen molar-refractivity contribution < 1.29 is 4.39 Å². The molecule has 0 atom stereocenters. The van der Waals surface area contributed by atoms with Gasteiger partial charge in [0, 0.05) is 31.9 Å². The van der Waals surface area contributed by atoms with Crippen LogP contribution in [0.15, 0.2) is 24.3 Å². The standard InChI is InChI=1S/C15H22FN3/c16-14-1-3-15(4-2-14)19-9-7-18(8-10-19)6-5-13-11-17-12-13/h1-4,13,17H,5-12H2. The Balaban J connectivity index is 1.44. The number of piperazine rings is 1. The third-order valence-electron chi connectivity index (χ3n) is 4.28. The highest BCUT2D eigenvalue weighted by atomic mass is 19.1. The van der Waals surface area contributed by atoms with E-state index in [9.17, 15) is 4.39 Å². The van der Waals surface area contributed by atoms with E-state index in [0.717, 1.165) is 37.8 Å². The molecule has 1 aromatic carbocycles. The van der Waals surface area contributed by atoms with Crippen LogP contribution in [0.2, 0.25) is 0 Å². The normalized spacial score (nSPS) is 21.4. The van der Waals surface area contributed by atoms with Crippen LogP contribution >= 0.6 is 0 Å². The van der Waals surface area contributed by atoms with Crippen LogP contribution < -0.4 is 10.2 Å². The lowest BCUT2D eigenvalue weighted by molar-refractivity contribution is 0.216.